The normalized spacial score (nSPS) is 33.8. The summed E-state index contributed by atoms with van der Waals surface area (Å²) in [5, 5.41) is 0. The number of benzene rings is 1. The molecule has 0 bridgehead atoms. The standard InChI is InChI=1S/C17H25NO/c1-2-13-7-9-17(18,10-8-13)11-14-12-19-16-6-4-3-5-15(14)16/h3-6,13-14H,2,7-12,18H2,1H3. The van der Waals surface area contributed by atoms with Gasteiger partial charge in [-0.05, 0) is 44.1 Å². The Labute approximate surface area is 116 Å². The monoisotopic (exact) mass is 259 g/mol. The lowest BCUT2D eigenvalue weighted by atomic mass is 9.71. The first-order valence-electron chi connectivity index (χ1n) is 7.71. The maximum atomic E-state index is 6.66. The average molecular weight is 259 g/mol. The quantitative estimate of drug-likeness (QED) is 0.895. The van der Waals surface area contributed by atoms with E-state index in [4.69, 9.17) is 10.5 Å². The van der Waals surface area contributed by atoms with Crippen LogP contribution >= 0.6 is 0 Å². The number of ether oxygens (including phenoxy) is 1. The summed E-state index contributed by atoms with van der Waals surface area (Å²) >= 11 is 0. The van der Waals surface area contributed by atoms with E-state index in [9.17, 15) is 0 Å². The largest absolute Gasteiger partial charge is 0.493 e. The number of hydrogen-bond donors (Lipinski definition) is 1. The second kappa shape index (κ2) is 5.16. The summed E-state index contributed by atoms with van der Waals surface area (Å²) in [4.78, 5) is 0. The van der Waals surface area contributed by atoms with Gasteiger partial charge in [0.05, 0.1) is 6.61 Å². The van der Waals surface area contributed by atoms with Gasteiger partial charge in [-0.25, -0.2) is 0 Å². The highest BCUT2D eigenvalue weighted by atomic mass is 16.5. The number of fused-ring (bicyclic) bond motifs is 1. The molecule has 2 heteroatoms. The van der Waals surface area contributed by atoms with E-state index < -0.39 is 0 Å². The molecule has 1 aromatic carbocycles. The molecule has 1 aliphatic heterocycles. The first-order valence-corrected chi connectivity index (χ1v) is 7.71. The van der Waals surface area contributed by atoms with Crippen molar-refractivity contribution < 1.29 is 4.74 Å². The van der Waals surface area contributed by atoms with Gasteiger partial charge in [0.25, 0.3) is 0 Å². The molecule has 1 fully saturated rings. The highest BCUT2D eigenvalue weighted by Crippen LogP contribution is 2.42. The Kier molecular flexibility index (Phi) is 3.53. The molecule has 1 atom stereocenters. The zero-order chi connectivity index (χ0) is 13.3. The predicted molar refractivity (Wildman–Crippen MR) is 78.5 cm³/mol. The fourth-order valence-corrected chi connectivity index (χ4v) is 3.75. The van der Waals surface area contributed by atoms with E-state index in [1.165, 1.54) is 37.7 Å². The van der Waals surface area contributed by atoms with Crippen molar-refractivity contribution >= 4 is 0 Å². The molecule has 19 heavy (non-hydrogen) atoms. The van der Waals surface area contributed by atoms with Crippen LogP contribution in [0.3, 0.4) is 0 Å². The van der Waals surface area contributed by atoms with Gasteiger partial charge in [-0.15, -0.1) is 0 Å². The average Bonchev–Trinajstić information content (AvgIpc) is 2.83. The maximum absolute atomic E-state index is 6.66. The Hall–Kier alpha value is -1.02. The molecule has 2 aliphatic rings. The Morgan fingerprint density at radius 2 is 2.00 bits per heavy atom. The molecule has 0 amide bonds. The van der Waals surface area contributed by atoms with E-state index in [1.54, 1.807) is 0 Å². The highest BCUT2D eigenvalue weighted by Gasteiger charge is 2.36. The van der Waals surface area contributed by atoms with Gasteiger partial charge in [-0.3, -0.25) is 0 Å². The first-order chi connectivity index (χ1) is 9.20. The van der Waals surface area contributed by atoms with Crippen molar-refractivity contribution in [1.29, 1.82) is 0 Å². The summed E-state index contributed by atoms with van der Waals surface area (Å²) < 4.78 is 5.78. The molecule has 2 N–H and O–H groups in total. The molecule has 104 valence electrons. The topological polar surface area (TPSA) is 35.2 Å². The van der Waals surface area contributed by atoms with Gasteiger partial charge in [0.2, 0.25) is 0 Å². The van der Waals surface area contributed by atoms with Crippen molar-refractivity contribution in [2.45, 2.75) is 56.9 Å². The van der Waals surface area contributed by atoms with Crippen LogP contribution in [0.1, 0.15) is 56.9 Å². The fraction of sp³-hybridized carbons (Fsp3) is 0.647. The Balaban J connectivity index is 1.66. The van der Waals surface area contributed by atoms with Gasteiger partial charge < -0.3 is 10.5 Å². The third kappa shape index (κ3) is 2.64. The molecular formula is C17H25NO. The van der Waals surface area contributed by atoms with Crippen molar-refractivity contribution in [1.82, 2.24) is 0 Å². The summed E-state index contributed by atoms with van der Waals surface area (Å²) in [5.74, 6) is 2.47. The second-order valence-corrected chi connectivity index (χ2v) is 6.46. The second-order valence-electron chi connectivity index (χ2n) is 6.46. The van der Waals surface area contributed by atoms with Gasteiger partial charge in [0.15, 0.2) is 0 Å². The van der Waals surface area contributed by atoms with Crippen LogP contribution in [0.15, 0.2) is 24.3 Å². The van der Waals surface area contributed by atoms with E-state index >= 15 is 0 Å². The Bertz CT molecular complexity index is 435. The van der Waals surface area contributed by atoms with Crippen LogP contribution in [-0.2, 0) is 0 Å². The minimum absolute atomic E-state index is 0.0388. The predicted octanol–water partition coefficient (Wildman–Crippen LogP) is 3.85. The van der Waals surface area contributed by atoms with Crippen LogP contribution in [0, 0.1) is 5.92 Å². The summed E-state index contributed by atoms with van der Waals surface area (Å²) in [5.41, 5.74) is 8.06. The molecule has 0 radical (unpaired) electrons. The van der Waals surface area contributed by atoms with Crippen LogP contribution < -0.4 is 10.5 Å². The lowest BCUT2D eigenvalue weighted by Gasteiger charge is -2.38. The summed E-state index contributed by atoms with van der Waals surface area (Å²) in [7, 11) is 0. The van der Waals surface area contributed by atoms with Crippen molar-refractivity contribution in [3.05, 3.63) is 29.8 Å². The van der Waals surface area contributed by atoms with Crippen LogP contribution in [0.25, 0.3) is 0 Å². The van der Waals surface area contributed by atoms with E-state index in [-0.39, 0.29) is 5.54 Å². The molecule has 2 nitrogen and oxygen atoms in total. The van der Waals surface area contributed by atoms with Crippen molar-refractivity contribution in [3.63, 3.8) is 0 Å². The van der Waals surface area contributed by atoms with Crippen molar-refractivity contribution in [2.24, 2.45) is 11.7 Å². The fourth-order valence-electron chi connectivity index (χ4n) is 3.75. The molecule has 1 heterocycles. The third-order valence-electron chi connectivity index (χ3n) is 5.13. The summed E-state index contributed by atoms with van der Waals surface area (Å²) in [6.07, 6.45) is 7.38. The minimum Gasteiger partial charge on any atom is -0.493 e. The zero-order valence-electron chi connectivity index (χ0n) is 11.9. The van der Waals surface area contributed by atoms with Crippen LogP contribution in [0.5, 0.6) is 5.75 Å². The SMILES string of the molecule is CCC1CCC(N)(CC2COc3ccccc32)CC1. The molecule has 3 rings (SSSR count). The summed E-state index contributed by atoms with van der Waals surface area (Å²) in [6, 6.07) is 8.43. The first kappa shape index (κ1) is 13.0. The Morgan fingerprint density at radius 3 is 2.74 bits per heavy atom. The lowest BCUT2D eigenvalue weighted by molar-refractivity contribution is 0.197. The molecule has 0 saturated heterocycles. The smallest absolute Gasteiger partial charge is 0.122 e. The lowest BCUT2D eigenvalue weighted by Crippen LogP contribution is -2.44. The van der Waals surface area contributed by atoms with Crippen molar-refractivity contribution in [2.75, 3.05) is 6.61 Å². The van der Waals surface area contributed by atoms with Gasteiger partial charge in [0.1, 0.15) is 5.75 Å². The highest BCUT2D eigenvalue weighted by molar-refractivity contribution is 5.39. The molecule has 1 aliphatic carbocycles. The van der Waals surface area contributed by atoms with E-state index in [0.717, 1.165) is 24.7 Å². The van der Waals surface area contributed by atoms with E-state index in [1.807, 2.05) is 6.07 Å². The number of para-hydroxylation sites is 1. The number of hydrogen-bond acceptors (Lipinski definition) is 2. The van der Waals surface area contributed by atoms with Crippen LogP contribution in [0.4, 0.5) is 0 Å². The van der Waals surface area contributed by atoms with Gasteiger partial charge in [-0.1, -0.05) is 31.5 Å². The van der Waals surface area contributed by atoms with Crippen LogP contribution in [-0.4, -0.2) is 12.1 Å². The van der Waals surface area contributed by atoms with E-state index in [2.05, 4.69) is 25.1 Å². The molecule has 0 spiro atoms. The molecular weight excluding hydrogens is 234 g/mol. The third-order valence-corrected chi connectivity index (χ3v) is 5.13. The van der Waals surface area contributed by atoms with Crippen molar-refractivity contribution in [3.8, 4) is 5.75 Å². The molecule has 1 aromatic rings. The molecule has 1 unspecified atom stereocenters. The van der Waals surface area contributed by atoms with E-state index in [0.29, 0.717) is 5.92 Å². The summed E-state index contributed by atoms with van der Waals surface area (Å²) in [6.45, 7) is 3.12. The van der Waals surface area contributed by atoms with Crippen LogP contribution in [0.2, 0.25) is 0 Å². The maximum Gasteiger partial charge on any atom is 0.122 e. The van der Waals surface area contributed by atoms with Gasteiger partial charge >= 0.3 is 0 Å². The van der Waals surface area contributed by atoms with Gasteiger partial charge in [0, 0.05) is 17.0 Å². The van der Waals surface area contributed by atoms with Gasteiger partial charge in [-0.2, -0.15) is 0 Å². The molecule has 0 aromatic heterocycles. The molecule has 1 saturated carbocycles. The number of nitrogens with two attached hydrogens (primary N) is 1. The minimum atomic E-state index is 0.0388. The Morgan fingerprint density at radius 1 is 1.26 bits per heavy atom. The zero-order valence-corrected chi connectivity index (χ0v) is 11.9. The number of rotatable bonds is 3.